The van der Waals surface area contributed by atoms with Gasteiger partial charge < -0.3 is 9.80 Å². The van der Waals surface area contributed by atoms with Gasteiger partial charge in [0.15, 0.2) is 0 Å². The van der Waals surface area contributed by atoms with E-state index in [1.165, 1.54) is 9.80 Å². The average molecular weight is 636 g/mol. The van der Waals surface area contributed by atoms with E-state index >= 15 is 0 Å². The zero-order valence-electron chi connectivity index (χ0n) is 21.8. The van der Waals surface area contributed by atoms with E-state index < -0.39 is 0 Å². The number of imide groups is 2. The number of urea groups is 2. The molecule has 7 fully saturated rings. The Kier molecular flexibility index (Phi) is 6.69. The molecule has 2 saturated carbocycles. The molecule has 5 aliphatic heterocycles. The fourth-order valence-corrected chi connectivity index (χ4v) is 8.85. The van der Waals surface area contributed by atoms with Gasteiger partial charge in [-0.1, -0.05) is 46.4 Å². The second-order valence-corrected chi connectivity index (χ2v) is 13.4. The lowest BCUT2D eigenvalue weighted by Crippen LogP contribution is -2.54. The minimum absolute atomic E-state index is 0.132. The van der Waals surface area contributed by atoms with Crippen LogP contribution in [0.1, 0.15) is 44.9 Å². The molecule has 9 rings (SSSR count). The van der Waals surface area contributed by atoms with Crippen molar-refractivity contribution in [2.75, 3.05) is 9.80 Å². The van der Waals surface area contributed by atoms with Gasteiger partial charge in [0.1, 0.15) is 12.1 Å². The van der Waals surface area contributed by atoms with Gasteiger partial charge >= 0.3 is 12.1 Å². The van der Waals surface area contributed by atoms with E-state index in [9.17, 15) is 19.2 Å². The summed E-state index contributed by atoms with van der Waals surface area (Å²) in [7, 11) is 0. The zero-order valence-corrected chi connectivity index (χ0v) is 24.8. The number of halogens is 4. The molecule has 4 bridgehead atoms. The van der Waals surface area contributed by atoms with Crippen LogP contribution >= 0.6 is 46.4 Å². The third-order valence-corrected chi connectivity index (χ3v) is 10.3. The molecule has 0 aromatic heterocycles. The molecule has 0 radical (unpaired) electrons. The van der Waals surface area contributed by atoms with Crippen molar-refractivity contribution in [2.45, 2.75) is 69.1 Å². The topological polar surface area (TPSA) is 81.2 Å². The van der Waals surface area contributed by atoms with E-state index in [2.05, 4.69) is 0 Å². The standard InChI is InChI=1S/C15H14Cl2N2O2.C14H12Cl2N2O2/c16-9-5-10(17)7-12(6-9)19-14(20)13-8-1-3-11(4-2-8)18(13)15(19)21;15-8-4-9(16)6-11(5-8)18-13(19)12-7-1-2-10(3-7)17(12)14(18)20/h5-8,11,13H,1-4H2;4-7,10,12H,1-3H2/t8?,11?,13-;7?,10?,12-/m01/s1. The first-order valence-corrected chi connectivity index (χ1v) is 15.4. The van der Waals surface area contributed by atoms with Gasteiger partial charge in [0.05, 0.1) is 11.4 Å². The van der Waals surface area contributed by atoms with E-state index in [4.69, 9.17) is 46.4 Å². The maximum absolute atomic E-state index is 12.7. The largest absolute Gasteiger partial charge is 0.332 e. The Balaban J connectivity index is 0.000000135. The highest BCUT2D eigenvalue weighted by Gasteiger charge is 2.59. The number of anilines is 2. The van der Waals surface area contributed by atoms with Crippen LogP contribution in [0.3, 0.4) is 0 Å². The van der Waals surface area contributed by atoms with Crippen LogP contribution in [0, 0.1) is 11.8 Å². The Morgan fingerprint density at radius 2 is 0.902 bits per heavy atom. The number of fused-ring (bicyclic) bond motifs is 7. The molecule has 214 valence electrons. The summed E-state index contributed by atoms with van der Waals surface area (Å²) in [6.07, 6.45) is 7.09. The first-order valence-electron chi connectivity index (χ1n) is 13.9. The Morgan fingerprint density at radius 1 is 0.512 bits per heavy atom. The Morgan fingerprint density at radius 3 is 1.34 bits per heavy atom. The second kappa shape index (κ2) is 10.0. The summed E-state index contributed by atoms with van der Waals surface area (Å²) >= 11 is 23.9. The smallest absolute Gasteiger partial charge is 0.309 e. The van der Waals surface area contributed by atoms with Crippen molar-refractivity contribution in [2.24, 2.45) is 11.8 Å². The van der Waals surface area contributed by atoms with Gasteiger partial charge in [-0.05, 0) is 93.2 Å². The van der Waals surface area contributed by atoms with Gasteiger partial charge in [-0.2, -0.15) is 0 Å². The quantitative estimate of drug-likeness (QED) is 0.332. The molecule has 0 N–H and O–H groups in total. The summed E-state index contributed by atoms with van der Waals surface area (Å²) in [5.41, 5.74) is 0.933. The molecule has 8 nitrogen and oxygen atoms in total. The van der Waals surface area contributed by atoms with Crippen LogP contribution in [0.25, 0.3) is 0 Å². The highest BCUT2D eigenvalue weighted by Crippen LogP contribution is 2.48. The van der Waals surface area contributed by atoms with Gasteiger partial charge in [-0.3, -0.25) is 9.59 Å². The number of carbonyl (C=O) groups is 4. The van der Waals surface area contributed by atoms with Gasteiger partial charge in [0, 0.05) is 32.2 Å². The monoisotopic (exact) mass is 634 g/mol. The minimum atomic E-state index is -0.289. The van der Waals surface area contributed by atoms with E-state index in [0.717, 1.165) is 44.9 Å². The highest BCUT2D eigenvalue weighted by molar-refractivity contribution is 6.36. The number of nitrogens with zero attached hydrogens (tertiary/aromatic N) is 4. The molecule has 7 aliphatic rings. The number of hydrogen-bond acceptors (Lipinski definition) is 4. The molecule has 12 heteroatoms. The second-order valence-electron chi connectivity index (χ2n) is 11.7. The Bertz CT molecular complexity index is 1400. The van der Waals surface area contributed by atoms with Crippen LogP contribution in [0.5, 0.6) is 0 Å². The normalized spacial score (nSPS) is 31.2. The molecular weight excluding hydrogens is 610 g/mol. The zero-order chi connectivity index (χ0) is 28.7. The summed E-state index contributed by atoms with van der Waals surface area (Å²) in [5.74, 6) is 0.343. The van der Waals surface area contributed by atoms with E-state index in [-0.39, 0.29) is 48.0 Å². The predicted molar refractivity (Wildman–Crippen MR) is 157 cm³/mol. The third kappa shape index (κ3) is 4.32. The van der Waals surface area contributed by atoms with Crippen molar-refractivity contribution >= 4 is 81.7 Å². The fraction of sp³-hybridized carbons (Fsp3) is 0.448. The molecule has 5 heterocycles. The lowest BCUT2D eigenvalue weighted by molar-refractivity contribution is -0.124. The van der Waals surface area contributed by atoms with Crippen LogP contribution in [-0.4, -0.2) is 57.8 Å². The molecule has 2 aromatic rings. The SMILES string of the molecule is O=C1[C@@H]2C3CCC(CC3)N2C(=O)N1c1cc(Cl)cc(Cl)c1.O=C1[C@H]2C3CCC(C3)N2C(=O)N1c1cc(Cl)cc(Cl)c1. The molecule has 41 heavy (non-hydrogen) atoms. The van der Waals surface area contributed by atoms with Crippen molar-refractivity contribution in [3.8, 4) is 0 Å². The predicted octanol–water partition coefficient (Wildman–Crippen LogP) is 7.02. The molecular formula is C29H26Cl4N4O4. The van der Waals surface area contributed by atoms with Gasteiger partial charge in [0.2, 0.25) is 0 Å². The summed E-state index contributed by atoms with van der Waals surface area (Å²) in [6.45, 7) is 0. The van der Waals surface area contributed by atoms with Crippen LogP contribution in [0.15, 0.2) is 36.4 Å². The molecule has 2 unspecified atom stereocenters. The number of amides is 6. The molecule has 6 amide bonds. The molecule has 2 aliphatic carbocycles. The lowest BCUT2D eigenvalue weighted by atomic mass is 9.75. The van der Waals surface area contributed by atoms with E-state index in [1.54, 1.807) is 46.2 Å². The van der Waals surface area contributed by atoms with Crippen LogP contribution in [-0.2, 0) is 9.59 Å². The van der Waals surface area contributed by atoms with Crippen LogP contribution in [0.4, 0.5) is 21.0 Å². The maximum atomic E-state index is 12.7. The van der Waals surface area contributed by atoms with Crippen molar-refractivity contribution < 1.29 is 19.2 Å². The van der Waals surface area contributed by atoms with Gasteiger partial charge in [-0.25, -0.2) is 19.4 Å². The molecule has 4 atom stereocenters. The number of benzene rings is 2. The van der Waals surface area contributed by atoms with Crippen molar-refractivity contribution in [1.29, 1.82) is 0 Å². The molecule has 2 aromatic carbocycles. The lowest BCUT2D eigenvalue weighted by Gasteiger charge is -2.45. The van der Waals surface area contributed by atoms with Crippen LogP contribution < -0.4 is 9.80 Å². The number of hydrogen-bond donors (Lipinski definition) is 0. The first-order chi connectivity index (χ1) is 19.6. The van der Waals surface area contributed by atoms with Crippen molar-refractivity contribution in [3.05, 3.63) is 56.5 Å². The minimum Gasteiger partial charge on any atom is -0.309 e. The summed E-state index contributed by atoms with van der Waals surface area (Å²) in [4.78, 5) is 56.6. The Hall–Kier alpha value is -2.52. The first kappa shape index (κ1) is 27.3. The molecule has 5 saturated heterocycles. The summed E-state index contributed by atoms with van der Waals surface area (Å²) in [6, 6.07) is 9.02. The average Bonchev–Trinajstić information content (AvgIpc) is 3.66. The van der Waals surface area contributed by atoms with Crippen molar-refractivity contribution in [1.82, 2.24) is 9.80 Å². The third-order valence-electron chi connectivity index (χ3n) is 9.45. The fourth-order valence-electron chi connectivity index (χ4n) is 7.82. The number of rotatable bonds is 2. The van der Waals surface area contributed by atoms with Crippen molar-refractivity contribution in [3.63, 3.8) is 0 Å². The maximum Gasteiger partial charge on any atom is 0.332 e. The Labute approximate surface area is 257 Å². The highest BCUT2D eigenvalue weighted by atomic mass is 35.5. The van der Waals surface area contributed by atoms with Gasteiger partial charge in [0.25, 0.3) is 11.8 Å². The van der Waals surface area contributed by atoms with Gasteiger partial charge in [-0.15, -0.1) is 0 Å². The molecule has 0 spiro atoms. The summed E-state index contributed by atoms with van der Waals surface area (Å²) < 4.78 is 0. The van der Waals surface area contributed by atoms with E-state index in [0.29, 0.717) is 43.3 Å². The number of carbonyl (C=O) groups excluding carboxylic acids is 4. The number of piperidine rings is 3. The van der Waals surface area contributed by atoms with E-state index in [1.807, 2.05) is 0 Å². The summed E-state index contributed by atoms with van der Waals surface area (Å²) in [5, 5.41) is 1.68. The van der Waals surface area contributed by atoms with Crippen LogP contribution in [0.2, 0.25) is 20.1 Å².